The van der Waals surface area contributed by atoms with Gasteiger partial charge in [-0.05, 0) is 61.2 Å². The van der Waals surface area contributed by atoms with Crippen molar-refractivity contribution in [3.05, 3.63) is 84.4 Å². The molecule has 0 bridgehead atoms. The number of allylic oxidation sites excluding steroid dienone is 1. The van der Waals surface area contributed by atoms with Crippen LogP contribution < -0.4 is 5.32 Å². The van der Waals surface area contributed by atoms with Gasteiger partial charge in [-0.2, -0.15) is 9.49 Å². The second-order valence-corrected chi connectivity index (χ2v) is 10.8. The number of rotatable bonds is 6. The van der Waals surface area contributed by atoms with Gasteiger partial charge in [0.2, 0.25) is 0 Å². The minimum absolute atomic E-state index is 0.195. The summed E-state index contributed by atoms with van der Waals surface area (Å²) in [6.07, 6.45) is 8.58. The van der Waals surface area contributed by atoms with Crippen LogP contribution in [0.1, 0.15) is 25.7 Å². The average molecular weight is 521 g/mol. The number of anilines is 1. The third-order valence-corrected chi connectivity index (χ3v) is 8.26. The van der Waals surface area contributed by atoms with Crippen molar-refractivity contribution in [3.63, 3.8) is 0 Å². The van der Waals surface area contributed by atoms with Gasteiger partial charge in [0.25, 0.3) is 0 Å². The van der Waals surface area contributed by atoms with Crippen LogP contribution in [0.25, 0.3) is 55.0 Å². The van der Waals surface area contributed by atoms with E-state index in [-0.39, 0.29) is 5.13 Å². The van der Waals surface area contributed by atoms with E-state index >= 15 is 0 Å². The Labute approximate surface area is 222 Å². The maximum atomic E-state index is 13.7. The first-order valence-corrected chi connectivity index (χ1v) is 13.6. The molecule has 1 fully saturated rings. The monoisotopic (exact) mass is 520 g/mol. The van der Waals surface area contributed by atoms with Crippen LogP contribution in [-0.2, 0) is 0 Å². The van der Waals surface area contributed by atoms with Crippen LogP contribution in [0.15, 0.2) is 79.3 Å². The molecule has 0 atom stereocenters. The lowest BCUT2D eigenvalue weighted by atomic mass is 10.0. The van der Waals surface area contributed by atoms with Crippen LogP contribution in [0, 0.1) is 11.0 Å². The first kappa shape index (κ1) is 22.9. The van der Waals surface area contributed by atoms with Gasteiger partial charge in [0.05, 0.1) is 28.8 Å². The molecule has 0 radical (unpaired) electrons. The summed E-state index contributed by atoms with van der Waals surface area (Å²) in [5.74, 6) is 0.525. The third-order valence-electron chi connectivity index (χ3n) is 7.35. The molecule has 7 rings (SSSR count). The summed E-state index contributed by atoms with van der Waals surface area (Å²) >= 11 is 1.14. The van der Waals surface area contributed by atoms with Crippen molar-refractivity contribution in [2.45, 2.75) is 25.7 Å². The molecule has 1 aromatic carbocycles. The molecular formula is C30H25FN6S. The highest BCUT2D eigenvalue weighted by Gasteiger charge is 2.19. The zero-order valence-electron chi connectivity index (χ0n) is 20.6. The molecule has 0 amide bonds. The van der Waals surface area contributed by atoms with Crippen molar-refractivity contribution in [2.24, 2.45) is 5.92 Å². The lowest BCUT2D eigenvalue weighted by Gasteiger charge is -2.15. The minimum atomic E-state index is -0.195. The van der Waals surface area contributed by atoms with Gasteiger partial charge in [0.1, 0.15) is 11.2 Å². The van der Waals surface area contributed by atoms with Gasteiger partial charge in [-0.15, -0.1) is 11.3 Å². The Bertz CT molecular complexity index is 1810. The lowest BCUT2D eigenvalue weighted by molar-refractivity contribution is 0.649. The number of H-pyrrole nitrogens is 2. The Kier molecular flexibility index (Phi) is 5.55. The van der Waals surface area contributed by atoms with Crippen molar-refractivity contribution in [1.29, 1.82) is 0 Å². The Hall–Kier alpha value is -4.30. The van der Waals surface area contributed by atoms with E-state index < -0.39 is 0 Å². The summed E-state index contributed by atoms with van der Waals surface area (Å²) in [7, 11) is 0. The summed E-state index contributed by atoms with van der Waals surface area (Å²) in [5, 5.41) is 12.0. The highest BCUT2D eigenvalue weighted by Crippen LogP contribution is 2.37. The van der Waals surface area contributed by atoms with Crippen molar-refractivity contribution >= 4 is 39.0 Å². The standard InChI is InChI=1S/C30H25FN6S/c1-17(18-5-2-3-6-18)33-20-13-19(15-32-16-20)23-9-10-25-29(35-23)30(37-36-25)26-14-22-21(7-4-8-24(22)34-26)27-11-12-28(31)38-27/h4,7-16,18,33-34H,1-3,5-6H2,(H,36,37). The van der Waals surface area contributed by atoms with Crippen LogP contribution in [0.5, 0.6) is 0 Å². The van der Waals surface area contributed by atoms with E-state index in [1.54, 1.807) is 0 Å². The van der Waals surface area contributed by atoms with Crippen LogP contribution in [0.4, 0.5) is 10.1 Å². The molecule has 1 aliphatic carbocycles. The lowest BCUT2D eigenvalue weighted by Crippen LogP contribution is -2.07. The Morgan fingerprint density at radius 3 is 2.76 bits per heavy atom. The number of nitrogens with zero attached hydrogens (tertiary/aromatic N) is 3. The molecule has 1 aliphatic rings. The molecule has 3 N–H and O–H groups in total. The number of nitrogens with one attached hydrogen (secondary N) is 3. The molecule has 0 aliphatic heterocycles. The maximum absolute atomic E-state index is 13.7. The van der Waals surface area contributed by atoms with E-state index in [9.17, 15) is 4.39 Å². The van der Waals surface area contributed by atoms with Crippen molar-refractivity contribution in [2.75, 3.05) is 5.32 Å². The number of benzene rings is 1. The van der Waals surface area contributed by atoms with Crippen molar-refractivity contribution < 1.29 is 4.39 Å². The first-order valence-electron chi connectivity index (χ1n) is 12.8. The van der Waals surface area contributed by atoms with E-state index in [1.165, 1.54) is 31.7 Å². The first-order chi connectivity index (χ1) is 18.6. The molecule has 38 heavy (non-hydrogen) atoms. The van der Waals surface area contributed by atoms with Crippen LogP contribution in [-0.4, -0.2) is 25.1 Å². The Morgan fingerprint density at radius 2 is 1.92 bits per heavy atom. The van der Waals surface area contributed by atoms with Crippen molar-refractivity contribution in [3.8, 4) is 33.1 Å². The topological polar surface area (TPSA) is 82.3 Å². The summed E-state index contributed by atoms with van der Waals surface area (Å²) in [6, 6.07) is 17.4. The van der Waals surface area contributed by atoms with Crippen LogP contribution >= 0.6 is 11.3 Å². The number of hydrogen-bond donors (Lipinski definition) is 3. The molecule has 188 valence electrons. The van der Waals surface area contributed by atoms with Crippen LogP contribution in [0.2, 0.25) is 0 Å². The average Bonchev–Trinajstić information content (AvgIpc) is 3.74. The molecular weight excluding hydrogens is 495 g/mol. The summed E-state index contributed by atoms with van der Waals surface area (Å²) < 4.78 is 13.7. The molecule has 0 spiro atoms. The highest BCUT2D eigenvalue weighted by molar-refractivity contribution is 7.14. The number of halogens is 1. The van der Waals surface area contributed by atoms with E-state index in [0.29, 0.717) is 5.92 Å². The summed E-state index contributed by atoms with van der Waals surface area (Å²) in [5.41, 5.74) is 8.86. The Balaban J connectivity index is 1.24. The zero-order chi connectivity index (χ0) is 25.6. The van der Waals surface area contributed by atoms with E-state index in [0.717, 1.165) is 77.7 Å². The molecule has 8 heteroatoms. The van der Waals surface area contributed by atoms with Gasteiger partial charge < -0.3 is 10.3 Å². The quantitative estimate of drug-likeness (QED) is 0.207. The smallest absolute Gasteiger partial charge is 0.176 e. The van der Waals surface area contributed by atoms with Crippen LogP contribution in [0.3, 0.4) is 0 Å². The summed E-state index contributed by atoms with van der Waals surface area (Å²) in [4.78, 5) is 13.8. The second-order valence-electron chi connectivity index (χ2n) is 9.81. The van der Waals surface area contributed by atoms with Crippen molar-refractivity contribution in [1.82, 2.24) is 25.1 Å². The fourth-order valence-electron chi connectivity index (χ4n) is 5.41. The van der Waals surface area contributed by atoms with Gasteiger partial charge in [-0.1, -0.05) is 31.6 Å². The fourth-order valence-corrected chi connectivity index (χ4v) is 6.18. The van der Waals surface area contributed by atoms with Gasteiger partial charge >= 0.3 is 0 Å². The van der Waals surface area contributed by atoms with Gasteiger partial charge in [-0.3, -0.25) is 10.1 Å². The molecule has 0 saturated heterocycles. The predicted octanol–water partition coefficient (Wildman–Crippen LogP) is 8.15. The minimum Gasteiger partial charge on any atom is -0.358 e. The van der Waals surface area contributed by atoms with Gasteiger partial charge in [-0.25, -0.2) is 4.98 Å². The second kappa shape index (κ2) is 9.22. The van der Waals surface area contributed by atoms with E-state index in [4.69, 9.17) is 4.98 Å². The summed E-state index contributed by atoms with van der Waals surface area (Å²) in [6.45, 7) is 4.27. The third kappa shape index (κ3) is 4.07. The maximum Gasteiger partial charge on any atom is 0.176 e. The fraction of sp³-hybridized carbons (Fsp3) is 0.167. The van der Waals surface area contributed by atoms with E-state index in [2.05, 4.69) is 44.2 Å². The molecule has 6 nitrogen and oxygen atoms in total. The Morgan fingerprint density at radius 1 is 1.03 bits per heavy atom. The normalized spacial score (nSPS) is 14.0. The molecule has 5 heterocycles. The SMILES string of the molecule is C=C(Nc1cncc(-c2ccc3[nH]nc(-c4cc5c(-c6ccc(F)s6)cccc5[nH]4)c3n2)c1)C1CCCC1. The number of pyridine rings is 2. The number of aromatic amines is 2. The number of hydrogen-bond acceptors (Lipinski definition) is 5. The molecule has 6 aromatic rings. The van der Waals surface area contributed by atoms with E-state index in [1.807, 2.05) is 48.8 Å². The highest BCUT2D eigenvalue weighted by atomic mass is 32.1. The number of thiophene rings is 1. The molecule has 0 unspecified atom stereocenters. The largest absolute Gasteiger partial charge is 0.358 e. The predicted molar refractivity (Wildman–Crippen MR) is 152 cm³/mol. The molecule has 1 saturated carbocycles. The van der Waals surface area contributed by atoms with Gasteiger partial charge in [0, 0.05) is 38.8 Å². The zero-order valence-corrected chi connectivity index (χ0v) is 21.4. The van der Waals surface area contributed by atoms with Gasteiger partial charge in [0.15, 0.2) is 5.13 Å². The number of fused-ring (bicyclic) bond motifs is 2. The number of aromatic nitrogens is 5. The molecule has 5 aromatic heterocycles.